The molecule has 65 heavy (non-hydrogen) atoms. The van der Waals surface area contributed by atoms with Crippen molar-refractivity contribution >= 4 is 91.9 Å². The van der Waals surface area contributed by atoms with E-state index in [4.69, 9.17) is 11.5 Å². The molecule has 2 heterocycles. The molecule has 6 aromatic carbocycles. The summed E-state index contributed by atoms with van der Waals surface area (Å²) in [5, 5.41) is 25.8. The second kappa shape index (κ2) is 15.7. The van der Waals surface area contributed by atoms with Gasteiger partial charge in [-0.25, -0.2) is 18.2 Å². The molecule has 0 saturated carbocycles. The fraction of sp³-hybridized carbons (Fsp3) is 0. The van der Waals surface area contributed by atoms with Crippen LogP contribution in [0.2, 0.25) is 0 Å². The van der Waals surface area contributed by atoms with E-state index in [1.54, 1.807) is 60.7 Å². The number of benzene rings is 6. The van der Waals surface area contributed by atoms with Gasteiger partial charge in [0, 0.05) is 45.8 Å². The first-order chi connectivity index (χ1) is 31.0. The van der Waals surface area contributed by atoms with Crippen molar-refractivity contribution < 1.29 is 37.4 Å². The minimum absolute atomic E-state index is 0.0120. The summed E-state index contributed by atoms with van der Waals surface area (Å²) in [6.07, 6.45) is 4.30. The van der Waals surface area contributed by atoms with E-state index < -0.39 is 70.2 Å². The van der Waals surface area contributed by atoms with Crippen molar-refractivity contribution in [3.63, 3.8) is 0 Å². The van der Waals surface area contributed by atoms with Gasteiger partial charge in [-0.05, 0) is 70.8 Å². The molecule has 0 unspecified atom stereocenters. The van der Waals surface area contributed by atoms with Gasteiger partial charge in [0.25, 0.3) is 35.0 Å². The van der Waals surface area contributed by atoms with Crippen molar-refractivity contribution in [3.05, 3.63) is 188 Å². The molecule has 0 atom stereocenters. The average Bonchev–Trinajstić information content (AvgIpc) is 3.69. The predicted molar refractivity (Wildman–Crippen MR) is 247 cm³/mol. The first-order valence-electron chi connectivity index (χ1n) is 19.2. The van der Waals surface area contributed by atoms with E-state index in [0.29, 0.717) is 50.7 Å². The number of carbonyl (C=O) groups excluding carboxylic acids is 4. The van der Waals surface area contributed by atoms with Crippen LogP contribution in [0, 0.1) is 20.2 Å². The quantitative estimate of drug-likeness (QED) is 0.0506. The molecule has 0 aliphatic carbocycles. The minimum Gasteiger partial charge on any atom is -0.399 e. The maximum Gasteiger partial charge on any atom is 0.297 e. The van der Waals surface area contributed by atoms with Crippen molar-refractivity contribution in [2.75, 3.05) is 21.3 Å². The number of hydrogen-bond acceptors (Lipinski definition) is 12. The highest BCUT2D eigenvalue weighted by Crippen LogP contribution is 2.48. The molecule has 0 fully saturated rings. The van der Waals surface area contributed by atoms with Gasteiger partial charge in [-0.2, -0.15) is 0 Å². The zero-order valence-corrected chi connectivity index (χ0v) is 34.6. The summed E-state index contributed by atoms with van der Waals surface area (Å²) in [6.45, 7) is 15.1. The van der Waals surface area contributed by atoms with Gasteiger partial charge < -0.3 is 11.5 Å². The van der Waals surface area contributed by atoms with Crippen LogP contribution in [0.4, 0.5) is 34.1 Å². The largest absolute Gasteiger partial charge is 0.399 e. The van der Waals surface area contributed by atoms with Gasteiger partial charge >= 0.3 is 0 Å². The second-order valence-corrected chi connectivity index (χ2v) is 16.5. The first kappa shape index (κ1) is 42.6. The Hall–Kier alpha value is -9.09. The smallest absolute Gasteiger partial charge is 0.297 e. The van der Waals surface area contributed by atoms with E-state index >= 15 is 8.42 Å². The van der Waals surface area contributed by atoms with E-state index in [2.05, 4.69) is 26.3 Å². The van der Waals surface area contributed by atoms with Crippen molar-refractivity contribution in [1.29, 1.82) is 0 Å². The van der Waals surface area contributed by atoms with Gasteiger partial charge in [0.05, 0.1) is 48.4 Å². The van der Waals surface area contributed by atoms with Crippen LogP contribution in [-0.4, -0.2) is 41.9 Å². The van der Waals surface area contributed by atoms with Gasteiger partial charge in [-0.1, -0.05) is 87.0 Å². The number of nitro groups is 2. The van der Waals surface area contributed by atoms with Crippen LogP contribution in [0.3, 0.4) is 0 Å². The number of nitrogens with zero attached hydrogens (tertiary/aromatic N) is 4. The normalized spacial score (nSPS) is 13.1. The monoisotopic (exact) mass is 884 g/mol. The van der Waals surface area contributed by atoms with Crippen LogP contribution in [0.5, 0.6) is 0 Å². The summed E-state index contributed by atoms with van der Waals surface area (Å²) in [4.78, 5) is 78.6. The Morgan fingerprint density at radius 1 is 0.477 bits per heavy atom. The highest BCUT2D eigenvalue weighted by atomic mass is 32.2. The molecule has 4 N–H and O–H groups in total. The number of anilines is 4. The fourth-order valence-corrected chi connectivity index (χ4v) is 10.1. The summed E-state index contributed by atoms with van der Waals surface area (Å²) >= 11 is 0. The molecule has 0 spiro atoms. The molecule has 0 radical (unpaired) electrons. The number of amides is 4. The molecule has 8 rings (SSSR count). The number of nitrogens with two attached hydrogens (primary N) is 2. The van der Waals surface area contributed by atoms with Crippen LogP contribution in [0.15, 0.2) is 133 Å². The number of nitrogen functional groups attached to an aromatic ring is 2. The maximum atomic E-state index is 15.2. The number of carbonyl (C=O) groups is 4. The van der Waals surface area contributed by atoms with E-state index in [-0.39, 0.29) is 50.2 Å². The molecule has 0 saturated heterocycles. The second-order valence-electron chi connectivity index (χ2n) is 14.6. The van der Waals surface area contributed by atoms with Crippen LogP contribution >= 0.6 is 0 Å². The van der Waals surface area contributed by atoms with Crippen molar-refractivity contribution in [2.24, 2.45) is 0 Å². The first-order valence-corrected chi connectivity index (χ1v) is 20.7. The lowest BCUT2D eigenvalue weighted by Crippen LogP contribution is -2.31. The Bertz CT molecular complexity index is 3280. The lowest BCUT2D eigenvalue weighted by Gasteiger charge is -2.26. The number of sulfone groups is 1. The summed E-state index contributed by atoms with van der Waals surface area (Å²) in [5.41, 5.74) is 10.2. The Kier molecular flexibility index (Phi) is 10.3. The van der Waals surface area contributed by atoms with E-state index in [1.165, 1.54) is 24.3 Å². The molecule has 0 aromatic heterocycles. The molecule has 0 bridgehead atoms. The Balaban J connectivity index is 1.29. The molecule has 2 aliphatic heterocycles. The highest BCUT2D eigenvalue weighted by molar-refractivity contribution is 7.92. The molecule has 320 valence electrons. The summed E-state index contributed by atoms with van der Waals surface area (Å²) in [6, 6.07) is 23.6. The molecule has 2 aliphatic rings. The molecular formula is C48H32N6O10S. The molecule has 6 aromatic rings. The third kappa shape index (κ3) is 6.57. The molecule has 4 amide bonds. The molecule has 17 heteroatoms. The van der Waals surface area contributed by atoms with Crippen LogP contribution < -0.4 is 21.3 Å². The van der Waals surface area contributed by atoms with Crippen LogP contribution in [-0.2, 0) is 9.84 Å². The van der Waals surface area contributed by atoms with E-state index in [0.717, 1.165) is 29.2 Å². The SMILES string of the molecule is C=Cc1c(C=C)c(S(=O)(=O)c2c([N+](=O)[O-])cc(N3C(=O)c4ccc(-c5ccc(N)cc5)cc4C3=O)cc2[N+](=O)[O-])c(C=C)c(C=C)c1N1C(=O)c2ccc(-c3ccc(N)cc3)cc2C1=O. The summed E-state index contributed by atoms with van der Waals surface area (Å²) in [7, 11) is -5.48. The van der Waals surface area contributed by atoms with Gasteiger partial charge in [-0.15, -0.1) is 0 Å². The fourth-order valence-electron chi connectivity index (χ4n) is 8.13. The highest BCUT2D eigenvalue weighted by Gasteiger charge is 2.46. The summed E-state index contributed by atoms with van der Waals surface area (Å²) in [5.74, 6) is -3.56. The third-order valence-electron chi connectivity index (χ3n) is 11.1. The Morgan fingerprint density at radius 3 is 1.22 bits per heavy atom. The molecule has 16 nitrogen and oxygen atoms in total. The van der Waals surface area contributed by atoms with Crippen molar-refractivity contribution in [2.45, 2.75) is 9.79 Å². The third-order valence-corrected chi connectivity index (χ3v) is 13.0. The topological polar surface area (TPSA) is 247 Å². The van der Waals surface area contributed by atoms with Gasteiger partial charge in [0.1, 0.15) is 0 Å². The van der Waals surface area contributed by atoms with Crippen LogP contribution in [0.1, 0.15) is 63.7 Å². The van der Waals surface area contributed by atoms with Gasteiger partial charge in [0.2, 0.25) is 14.7 Å². The zero-order valence-electron chi connectivity index (χ0n) is 33.8. The van der Waals surface area contributed by atoms with E-state index in [1.807, 2.05) is 0 Å². The number of nitro benzene ring substituents is 2. The predicted octanol–water partition coefficient (Wildman–Crippen LogP) is 9.01. The number of rotatable bonds is 12. The standard InChI is InChI=1S/C48H32N6O10S/c1-5-32-34(7-3)43(35(8-4)33(6-2)42(32)52-46(56)37-20-14-28(22-39(37)48(52)58)26-11-17-30(50)18-12-26)65(63,64)44-40(53(59)60)23-31(24-41(44)54(61)62)51-45(55)36-19-13-27(21-38(36)47(51)57)25-9-15-29(49)16-10-25/h5-24H,1-4,49-50H2. The number of imide groups is 2. The Labute approximate surface area is 369 Å². The van der Waals surface area contributed by atoms with Crippen LogP contribution in [0.25, 0.3) is 46.6 Å². The van der Waals surface area contributed by atoms with Gasteiger partial charge in [0.15, 0.2) is 0 Å². The number of fused-ring (bicyclic) bond motifs is 2. The van der Waals surface area contributed by atoms with E-state index in [9.17, 15) is 39.4 Å². The minimum atomic E-state index is -5.48. The Morgan fingerprint density at radius 2 is 0.831 bits per heavy atom. The lowest BCUT2D eigenvalue weighted by molar-refractivity contribution is -0.399. The maximum absolute atomic E-state index is 15.2. The lowest BCUT2D eigenvalue weighted by atomic mass is 9.93. The van der Waals surface area contributed by atoms with Crippen molar-refractivity contribution in [1.82, 2.24) is 0 Å². The summed E-state index contributed by atoms with van der Waals surface area (Å²) < 4.78 is 30.3. The zero-order chi connectivity index (χ0) is 46.8. The van der Waals surface area contributed by atoms with Crippen molar-refractivity contribution in [3.8, 4) is 22.3 Å². The van der Waals surface area contributed by atoms with Gasteiger partial charge in [-0.3, -0.25) is 39.4 Å². The molecular weight excluding hydrogens is 853 g/mol. The average molecular weight is 885 g/mol. The number of hydrogen-bond donors (Lipinski definition) is 2.